The van der Waals surface area contributed by atoms with Crippen molar-refractivity contribution >= 4 is 23.2 Å². The highest BCUT2D eigenvalue weighted by atomic mass is 32.1. The molecule has 0 atom stereocenters. The van der Waals surface area contributed by atoms with E-state index < -0.39 is 0 Å². The first-order chi connectivity index (χ1) is 13.1. The van der Waals surface area contributed by atoms with E-state index >= 15 is 0 Å². The van der Waals surface area contributed by atoms with Crippen LogP contribution in [0.1, 0.15) is 48.0 Å². The Hall–Kier alpha value is -2.21. The smallest absolute Gasteiger partial charge is 0.252 e. The molecule has 2 amide bonds. The number of benzene rings is 1. The summed E-state index contributed by atoms with van der Waals surface area (Å²) < 4.78 is 13.1. The Morgan fingerprint density at radius 2 is 1.89 bits per heavy atom. The van der Waals surface area contributed by atoms with Gasteiger partial charge in [-0.1, -0.05) is 25.0 Å². The van der Waals surface area contributed by atoms with E-state index in [1.807, 2.05) is 10.3 Å². The summed E-state index contributed by atoms with van der Waals surface area (Å²) in [7, 11) is 0. The number of hydrogen-bond acceptors (Lipinski definition) is 3. The number of amides is 2. The fourth-order valence-electron chi connectivity index (χ4n) is 3.55. The van der Waals surface area contributed by atoms with E-state index in [0.29, 0.717) is 31.5 Å². The van der Waals surface area contributed by atoms with Gasteiger partial charge in [-0.3, -0.25) is 9.59 Å². The summed E-state index contributed by atoms with van der Waals surface area (Å²) in [4.78, 5) is 26.7. The first-order valence-corrected chi connectivity index (χ1v) is 10.4. The molecule has 1 saturated carbocycles. The molecule has 1 aliphatic rings. The number of carbonyl (C=O) groups is 2. The Labute approximate surface area is 163 Å². The lowest BCUT2D eigenvalue weighted by atomic mass is 10.1. The van der Waals surface area contributed by atoms with Crippen LogP contribution in [0.4, 0.5) is 4.39 Å². The zero-order valence-electron chi connectivity index (χ0n) is 15.3. The van der Waals surface area contributed by atoms with Gasteiger partial charge in [-0.2, -0.15) is 11.3 Å². The van der Waals surface area contributed by atoms with Gasteiger partial charge in [0.05, 0.1) is 0 Å². The minimum absolute atomic E-state index is 0.0784. The molecule has 0 saturated heterocycles. The van der Waals surface area contributed by atoms with Gasteiger partial charge in [-0.25, -0.2) is 4.39 Å². The van der Waals surface area contributed by atoms with E-state index in [1.165, 1.54) is 23.5 Å². The average Bonchev–Trinajstić information content (AvgIpc) is 3.37. The quantitative estimate of drug-likeness (QED) is 0.742. The summed E-state index contributed by atoms with van der Waals surface area (Å²) in [6.07, 6.45) is 5.40. The van der Waals surface area contributed by atoms with Gasteiger partial charge in [-0.05, 0) is 48.4 Å². The molecule has 2 aromatic rings. The number of thiophene rings is 1. The molecular weight excluding hydrogens is 363 g/mol. The van der Waals surface area contributed by atoms with Crippen LogP contribution in [0.2, 0.25) is 0 Å². The van der Waals surface area contributed by atoms with Crippen molar-refractivity contribution in [3.8, 4) is 0 Å². The van der Waals surface area contributed by atoms with Gasteiger partial charge in [0, 0.05) is 36.5 Å². The second kappa shape index (κ2) is 9.65. The van der Waals surface area contributed by atoms with Crippen molar-refractivity contribution in [1.82, 2.24) is 10.2 Å². The van der Waals surface area contributed by atoms with Crippen molar-refractivity contribution in [3.63, 3.8) is 0 Å². The zero-order valence-corrected chi connectivity index (χ0v) is 16.1. The SMILES string of the molecule is O=C(NCCC(=O)N(CCc1ccc(F)cc1)C1CCCC1)c1ccsc1. The predicted molar refractivity (Wildman–Crippen MR) is 105 cm³/mol. The van der Waals surface area contributed by atoms with Gasteiger partial charge in [-0.15, -0.1) is 0 Å². The minimum Gasteiger partial charge on any atom is -0.351 e. The summed E-state index contributed by atoms with van der Waals surface area (Å²) in [5.74, 6) is -0.304. The van der Waals surface area contributed by atoms with Gasteiger partial charge in [0.1, 0.15) is 5.82 Å². The van der Waals surface area contributed by atoms with Crippen LogP contribution in [-0.2, 0) is 11.2 Å². The Kier molecular flexibility index (Phi) is 6.98. The number of halogens is 1. The van der Waals surface area contributed by atoms with Crippen molar-refractivity contribution in [2.75, 3.05) is 13.1 Å². The topological polar surface area (TPSA) is 49.4 Å². The molecule has 0 bridgehead atoms. The molecule has 1 aromatic heterocycles. The van der Waals surface area contributed by atoms with Crippen molar-refractivity contribution in [1.29, 1.82) is 0 Å². The second-order valence-electron chi connectivity index (χ2n) is 6.92. The third-order valence-corrected chi connectivity index (χ3v) is 5.73. The third kappa shape index (κ3) is 5.63. The van der Waals surface area contributed by atoms with Crippen LogP contribution in [0.15, 0.2) is 41.1 Å². The molecule has 1 heterocycles. The lowest BCUT2D eigenvalue weighted by Gasteiger charge is -2.29. The van der Waals surface area contributed by atoms with Crippen LogP contribution in [0.3, 0.4) is 0 Å². The van der Waals surface area contributed by atoms with Gasteiger partial charge in [0.15, 0.2) is 0 Å². The molecule has 0 spiro atoms. The zero-order chi connectivity index (χ0) is 19.1. The largest absolute Gasteiger partial charge is 0.351 e. The minimum atomic E-state index is -0.246. The number of hydrogen-bond donors (Lipinski definition) is 1. The van der Waals surface area contributed by atoms with Crippen molar-refractivity contribution in [2.45, 2.75) is 44.6 Å². The second-order valence-corrected chi connectivity index (χ2v) is 7.70. The number of rotatable bonds is 8. The molecule has 3 rings (SSSR count). The maximum Gasteiger partial charge on any atom is 0.252 e. The Bertz CT molecular complexity index is 740. The summed E-state index contributed by atoms with van der Waals surface area (Å²) in [6, 6.07) is 8.51. The standard InChI is InChI=1S/C21H25FN2O2S/c22-18-7-5-16(6-8-18)10-13-24(19-3-1-2-4-19)20(25)9-12-23-21(26)17-11-14-27-15-17/h5-8,11,14-15,19H,1-4,9-10,12-13H2,(H,23,26). The third-order valence-electron chi connectivity index (χ3n) is 5.05. The summed E-state index contributed by atoms with van der Waals surface area (Å²) >= 11 is 1.48. The molecule has 1 N–H and O–H groups in total. The first-order valence-electron chi connectivity index (χ1n) is 9.48. The highest BCUT2D eigenvalue weighted by molar-refractivity contribution is 7.08. The van der Waals surface area contributed by atoms with Gasteiger partial charge < -0.3 is 10.2 Å². The summed E-state index contributed by atoms with van der Waals surface area (Å²) in [5.41, 5.74) is 1.66. The molecule has 0 radical (unpaired) electrons. The molecular formula is C21H25FN2O2S. The Balaban J connectivity index is 1.52. The van der Waals surface area contributed by atoms with Crippen molar-refractivity contribution in [2.24, 2.45) is 0 Å². The van der Waals surface area contributed by atoms with E-state index in [9.17, 15) is 14.0 Å². The Morgan fingerprint density at radius 1 is 1.15 bits per heavy atom. The molecule has 144 valence electrons. The Morgan fingerprint density at radius 3 is 2.56 bits per heavy atom. The van der Waals surface area contributed by atoms with Crippen LogP contribution in [0, 0.1) is 5.82 Å². The molecule has 0 aliphatic heterocycles. The molecule has 0 unspecified atom stereocenters. The molecule has 6 heteroatoms. The monoisotopic (exact) mass is 388 g/mol. The normalized spacial score (nSPS) is 14.3. The van der Waals surface area contributed by atoms with Crippen molar-refractivity contribution in [3.05, 3.63) is 58.0 Å². The van der Waals surface area contributed by atoms with Crippen LogP contribution in [0.25, 0.3) is 0 Å². The number of nitrogens with zero attached hydrogens (tertiary/aromatic N) is 1. The van der Waals surface area contributed by atoms with Gasteiger partial charge >= 0.3 is 0 Å². The summed E-state index contributed by atoms with van der Waals surface area (Å²) in [6.45, 7) is 0.973. The predicted octanol–water partition coefficient (Wildman–Crippen LogP) is 4.02. The van der Waals surface area contributed by atoms with Crippen LogP contribution >= 0.6 is 11.3 Å². The fourth-order valence-corrected chi connectivity index (χ4v) is 4.19. The van der Waals surface area contributed by atoms with Crippen LogP contribution in [-0.4, -0.2) is 35.8 Å². The fraction of sp³-hybridized carbons (Fsp3) is 0.429. The maximum atomic E-state index is 13.1. The lowest BCUT2D eigenvalue weighted by molar-refractivity contribution is -0.133. The highest BCUT2D eigenvalue weighted by Crippen LogP contribution is 2.24. The van der Waals surface area contributed by atoms with Crippen LogP contribution in [0.5, 0.6) is 0 Å². The van der Waals surface area contributed by atoms with Crippen LogP contribution < -0.4 is 5.32 Å². The molecule has 4 nitrogen and oxygen atoms in total. The van der Waals surface area contributed by atoms with E-state index in [2.05, 4.69) is 5.32 Å². The average molecular weight is 389 g/mol. The molecule has 1 aromatic carbocycles. The first kappa shape index (κ1) is 19.5. The summed E-state index contributed by atoms with van der Waals surface area (Å²) in [5, 5.41) is 6.47. The number of nitrogens with one attached hydrogen (secondary N) is 1. The van der Waals surface area contributed by atoms with E-state index in [-0.39, 0.29) is 23.7 Å². The molecule has 1 aliphatic carbocycles. The maximum absolute atomic E-state index is 13.1. The lowest BCUT2D eigenvalue weighted by Crippen LogP contribution is -2.41. The van der Waals surface area contributed by atoms with E-state index in [4.69, 9.17) is 0 Å². The van der Waals surface area contributed by atoms with Gasteiger partial charge in [0.25, 0.3) is 5.91 Å². The van der Waals surface area contributed by atoms with E-state index in [1.54, 1.807) is 23.6 Å². The highest BCUT2D eigenvalue weighted by Gasteiger charge is 2.26. The molecule has 27 heavy (non-hydrogen) atoms. The van der Waals surface area contributed by atoms with Crippen molar-refractivity contribution < 1.29 is 14.0 Å². The van der Waals surface area contributed by atoms with E-state index in [0.717, 1.165) is 31.2 Å². The van der Waals surface area contributed by atoms with Gasteiger partial charge in [0.2, 0.25) is 5.91 Å². The molecule has 1 fully saturated rings. The number of carbonyl (C=O) groups excluding carboxylic acids is 2.